The highest BCUT2D eigenvalue weighted by atomic mass is 16.5. The molecule has 1 aliphatic carbocycles. The van der Waals surface area contributed by atoms with Gasteiger partial charge in [0, 0.05) is 31.9 Å². The van der Waals surface area contributed by atoms with E-state index in [4.69, 9.17) is 10.5 Å². The van der Waals surface area contributed by atoms with Crippen LogP contribution in [0.15, 0.2) is 6.20 Å². The third kappa shape index (κ3) is 2.11. The number of carbonyl (C=O) groups excluding carboxylic acids is 1. The number of fused-ring (bicyclic) bond motifs is 1. The lowest BCUT2D eigenvalue weighted by Crippen LogP contribution is -2.55. The molecule has 7 heteroatoms. The third-order valence-corrected chi connectivity index (χ3v) is 4.47. The van der Waals surface area contributed by atoms with Crippen LogP contribution >= 0.6 is 0 Å². The van der Waals surface area contributed by atoms with E-state index < -0.39 is 0 Å². The zero-order chi connectivity index (χ0) is 14.3. The number of urea groups is 1. The first-order valence-corrected chi connectivity index (χ1v) is 6.90. The first-order chi connectivity index (χ1) is 9.51. The van der Waals surface area contributed by atoms with E-state index in [1.807, 2.05) is 18.1 Å². The molecule has 3 N–H and O–H groups in total. The number of nitrogens with one attached hydrogen (secondary N) is 1. The average molecular weight is 279 g/mol. The number of ether oxygens (including phenoxy) is 1. The maximum absolute atomic E-state index is 12.2. The predicted octanol–water partition coefficient (Wildman–Crippen LogP) is 0.0614. The van der Waals surface area contributed by atoms with E-state index in [2.05, 4.69) is 10.4 Å². The van der Waals surface area contributed by atoms with Gasteiger partial charge in [0.1, 0.15) is 0 Å². The SMILES string of the molecule is COc1nn(C)cc1CNC(=O)N1C[C@@H]2CC[C@]2(N)C1. The number of nitrogens with zero attached hydrogens (tertiary/aromatic N) is 3. The molecule has 0 unspecified atom stereocenters. The molecule has 0 spiro atoms. The summed E-state index contributed by atoms with van der Waals surface area (Å²) in [5.74, 6) is 1.02. The summed E-state index contributed by atoms with van der Waals surface area (Å²) in [6, 6.07) is -0.0601. The number of hydrogen-bond donors (Lipinski definition) is 2. The summed E-state index contributed by atoms with van der Waals surface area (Å²) in [5.41, 5.74) is 6.97. The molecule has 3 rings (SSSR count). The Morgan fingerprint density at radius 1 is 1.70 bits per heavy atom. The first-order valence-electron chi connectivity index (χ1n) is 6.90. The Kier molecular flexibility index (Phi) is 3.08. The van der Waals surface area contributed by atoms with Crippen molar-refractivity contribution in [3.63, 3.8) is 0 Å². The van der Waals surface area contributed by atoms with Crippen LogP contribution in [0.3, 0.4) is 0 Å². The number of aryl methyl sites for hydroxylation is 1. The van der Waals surface area contributed by atoms with Gasteiger partial charge in [-0.25, -0.2) is 4.79 Å². The lowest BCUT2D eigenvalue weighted by molar-refractivity contribution is 0.187. The van der Waals surface area contributed by atoms with Gasteiger partial charge in [-0.1, -0.05) is 0 Å². The smallest absolute Gasteiger partial charge is 0.317 e. The minimum absolute atomic E-state index is 0.0601. The fourth-order valence-corrected chi connectivity index (χ4v) is 3.13. The molecule has 2 aliphatic rings. The van der Waals surface area contributed by atoms with E-state index in [9.17, 15) is 4.79 Å². The van der Waals surface area contributed by atoms with Crippen molar-refractivity contribution >= 4 is 6.03 Å². The highest BCUT2D eigenvalue weighted by Gasteiger charge is 2.51. The standard InChI is InChI=1S/C13H21N5O2/c1-17-6-9(11(16-17)20-2)5-15-12(19)18-7-10-3-4-13(10,14)8-18/h6,10H,3-5,7-8,14H2,1-2H3,(H,15,19)/t10-,13-/m0/s1. The van der Waals surface area contributed by atoms with Crippen LogP contribution < -0.4 is 15.8 Å². The Balaban J connectivity index is 1.57. The molecule has 1 aliphatic heterocycles. The molecule has 2 fully saturated rings. The van der Waals surface area contributed by atoms with Gasteiger partial charge in [-0.2, -0.15) is 0 Å². The van der Waals surface area contributed by atoms with Crippen LogP contribution in [0, 0.1) is 5.92 Å². The summed E-state index contributed by atoms with van der Waals surface area (Å²) in [4.78, 5) is 14.0. The Bertz CT molecular complexity index is 529. The van der Waals surface area contributed by atoms with Crippen LogP contribution in [0.1, 0.15) is 18.4 Å². The molecule has 7 nitrogen and oxygen atoms in total. The van der Waals surface area contributed by atoms with Crippen molar-refractivity contribution < 1.29 is 9.53 Å². The number of carbonyl (C=O) groups is 1. The Hall–Kier alpha value is -1.76. The molecule has 1 saturated heterocycles. The molecule has 1 saturated carbocycles. The second kappa shape index (κ2) is 4.66. The summed E-state index contributed by atoms with van der Waals surface area (Å²) >= 11 is 0. The lowest BCUT2D eigenvalue weighted by atomic mass is 9.70. The normalized spacial score (nSPS) is 27.9. The van der Waals surface area contributed by atoms with Gasteiger partial charge in [0.05, 0.1) is 19.2 Å². The first kappa shape index (κ1) is 13.2. The van der Waals surface area contributed by atoms with Crippen LogP contribution in [0.5, 0.6) is 5.88 Å². The number of likely N-dealkylation sites (tertiary alicyclic amines) is 1. The van der Waals surface area contributed by atoms with E-state index in [-0.39, 0.29) is 11.6 Å². The van der Waals surface area contributed by atoms with Crippen molar-refractivity contribution in [1.29, 1.82) is 0 Å². The summed E-state index contributed by atoms with van der Waals surface area (Å²) < 4.78 is 6.84. The predicted molar refractivity (Wildman–Crippen MR) is 73.2 cm³/mol. The van der Waals surface area contributed by atoms with E-state index in [0.29, 0.717) is 24.9 Å². The largest absolute Gasteiger partial charge is 0.480 e. The van der Waals surface area contributed by atoms with Crippen LogP contribution in [0.4, 0.5) is 4.79 Å². The van der Waals surface area contributed by atoms with Crippen molar-refractivity contribution in [2.45, 2.75) is 24.9 Å². The van der Waals surface area contributed by atoms with Crippen molar-refractivity contribution in [2.24, 2.45) is 18.7 Å². The van der Waals surface area contributed by atoms with E-state index >= 15 is 0 Å². The van der Waals surface area contributed by atoms with Gasteiger partial charge in [0.15, 0.2) is 0 Å². The fourth-order valence-electron chi connectivity index (χ4n) is 3.13. The quantitative estimate of drug-likeness (QED) is 0.819. The van der Waals surface area contributed by atoms with Crippen molar-refractivity contribution in [3.8, 4) is 5.88 Å². The van der Waals surface area contributed by atoms with Crippen LogP contribution in [-0.2, 0) is 13.6 Å². The molecular weight excluding hydrogens is 258 g/mol. The van der Waals surface area contributed by atoms with Crippen molar-refractivity contribution in [1.82, 2.24) is 20.0 Å². The molecule has 0 aromatic carbocycles. The average Bonchev–Trinajstić information content (AvgIpc) is 2.88. The summed E-state index contributed by atoms with van der Waals surface area (Å²) in [5, 5.41) is 7.07. The van der Waals surface area contributed by atoms with E-state index in [1.165, 1.54) is 0 Å². The number of methoxy groups -OCH3 is 1. The van der Waals surface area contributed by atoms with Gasteiger partial charge < -0.3 is 20.7 Å². The molecule has 2 amide bonds. The summed E-state index contributed by atoms with van der Waals surface area (Å²) in [6.07, 6.45) is 4.01. The molecule has 2 heterocycles. The van der Waals surface area contributed by atoms with Crippen molar-refractivity contribution in [3.05, 3.63) is 11.8 Å². The molecule has 20 heavy (non-hydrogen) atoms. The summed E-state index contributed by atoms with van der Waals surface area (Å²) in [7, 11) is 3.40. The number of hydrogen-bond acceptors (Lipinski definition) is 4. The highest BCUT2D eigenvalue weighted by Crippen LogP contribution is 2.42. The topological polar surface area (TPSA) is 85.4 Å². The number of nitrogens with two attached hydrogens (primary N) is 1. The van der Waals surface area contributed by atoms with Gasteiger partial charge in [-0.15, -0.1) is 5.10 Å². The van der Waals surface area contributed by atoms with Crippen LogP contribution in [0.25, 0.3) is 0 Å². The Labute approximate surface area is 118 Å². The zero-order valence-corrected chi connectivity index (χ0v) is 11.9. The second-order valence-electron chi connectivity index (χ2n) is 5.85. The Morgan fingerprint density at radius 3 is 3.05 bits per heavy atom. The van der Waals surface area contributed by atoms with Gasteiger partial charge in [-0.05, 0) is 18.8 Å². The van der Waals surface area contributed by atoms with Gasteiger partial charge in [0.25, 0.3) is 0 Å². The maximum atomic E-state index is 12.2. The monoisotopic (exact) mass is 279 g/mol. The van der Waals surface area contributed by atoms with Crippen LogP contribution in [-0.4, -0.2) is 46.4 Å². The molecule has 0 radical (unpaired) electrons. The molecule has 1 aromatic heterocycles. The summed E-state index contributed by atoms with van der Waals surface area (Å²) in [6.45, 7) is 1.84. The van der Waals surface area contributed by atoms with E-state index in [1.54, 1.807) is 11.8 Å². The number of amides is 2. The van der Waals surface area contributed by atoms with Gasteiger partial charge in [0.2, 0.25) is 5.88 Å². The van der Waals surface area contributed by atoms with E-state index in [0.717, 1.165) is 24.9 Å². The minimum Gasteiger partial charge on any atom is -0.480 e. The van der Waals surface area contributed by atoms with Crippen LogP contribution in [0.2, 0.25) is 0 Å². The Morgan fingerprint density at radius 2 is 2.50 bits per heavy atom. The number of rotatable bonds is 3. The maximum Gasteiger partial charge on any atom is 0.317 e. The molecular formula is C13H21N5O2. The minimum atomic E-state index is -0.136. The molecule has 110 valence electrons. The fraction of sp³-hybridized carbons (Fsp3) is 0.692. The zero-order valence-electron chi connectivity index (χ0n) is 11.9. The lowest BCUT2D eigenvalue weighted by Gasteiger charge is -2.39. The van der Waals surface area contributed by atoms with Gasteiger partial charge in [-0.3, -0.25) is 4.68 Å². The third-order valence-electron chi connectivity index (χ3n) is 4.47. The van der Waals surface area contributed by atoms with Gasteiger partial charge >= 0.3 is 6.03 Å². The molecule has 2 atom stereocenters. The second-order valence-corrected chi connectivity index (χ2v) is 5.85. The molecule has 0 bridgehead atoms. The molecule has 1 aromatic rings. The number of aromatic nitrogens is 2. The van der Waals surface area contributed by atoms with Crippen molar-refractivity contribution in [2.75, 3.05) is 20.2 Å². The highest BCUT2D eigenvalue weighted by molar-refractivity contribution is 5.75.